The van der Waals surface area contributed by atoms with Gasteiger partial charge >= 0.3 is 0 Å². The Hall–Kier alpha value is -1.73. The third-order valence-electron chi connectivity index (χ3n) is 2.28. The molecule has 1 unspecified atom stereocenters. The van der Waals surface area contributed by atoms with Crippen molar-refractivity contribution in [1.82, 2.24) is 19.9 Å². The van der Waals surface area contributed by atoms with Gasteiger partial charge < -0.3 is 0 Å². The summed E-state index contributed by atoms with van der Waals surface area (Å²) in [7, 11) is -3.56. The number of nitrogens with one attached hydrogen (secondary N) is 2. The van der Waals surface area contributed by atoms with Crippen molar-refractivity contribution in [2.45, 2.75) is 18.0 Å². The van der Waals surface area contributed by atoms with Crippen LogP contribution in [0.3, 0.4) is 0 Å². The molecule has 0 amide bonds. The van der Waals surface area contributed by atoms with Crippen LogP contribution in [0.15, 0.2) is 41.8 Å². The van der Waals surface area contributed by atoms with Crippen molar-refractivity contribution in [3.63, 3.8) is 0 Å². The quantitative estimate of drug-likeness (QED) is 0.844. The van der Waals surface area contributed by atoms with Crippen LogP contribution in [-0.2, 0) is 10.0 Å². The molecule has 7 heteroatoms. The summed E-state index contributed by atoms with van der Waals surface area (Å²) in [5.74, 6) is 0. The molecule has 2 N–H and O–H groups in total. The first-order valence-corrected chi connectivity index (χ1v) is 6.49. The summed E-state index contributed by atoms with van der Waals surface area (Å²) in [5, 5.41) is 6.08. The molecule has 2 aromatic heterocycles. The summed E-state index contributed by atoms with van der Waals surface area (Å²) >= 11 is 0. The van der Waals surface area contributed by atoms with E-state index in [1.165, 1.54) is 12.3 Å². The van der Waals surface area contributed by atoms with Crippen molar-refractivity contribution in [3.8, 4) is 0 Å². The van der Waals surface area contributed by atoms with Crippen molar-refractivity contribution < 1.29 is 8.42 Å². The lowest BCUT2D eigenvalue weighted by Crippen LogP contribution is -2.27. The second kappa shape index (κ2) is 4.64. The fraction of sp³-hybridized carbons (Fsp3) is 0.200. The van der Waals surface area contributed by atoms with Crippen LogP contribution in [0.2, 0.25) is 0 Å². The molecule has 0 aliphatic rings. The van der Waals surface area contributed by atoms with Crippen molar-refractivity contribution in [2.24, 2.45) is 0 Å². The molecule has 2 rings (SSSR count). The van der Waals surface area contributed by atoms with Gasteiger partial charge in [-0.3, -0.25) is 10.1 Å². The van der Waals surface area contributed by atoms with E-state index in [9.17, 15) is 8.42 Å². The molecule has 6 nitrogen and oxygen atoms in total. The maximum atomic E-state index is 11.9. The number of hydrogen-bond acceptors (Lipinski definition) is 4. The minimum absolute atomic E-state index is 0.0493. The number of nitrogens with zero attached hydrogens (tertiary/aromatic N) is 2. The second-order valence-corrected chi connectivity index (χ2v) is 5.23. The summed E-state index contributed by atoms with van der Waals surface area (Å²) in [5.41, 5.74) is 0.801. The van der Waals surface area contributed by atoms with E-state index in [1.807, 2.05) is 6.07 Å². The lowest BCUT2D eigenvalue weighted by Gasteiger charge is -2.12. The lowest BCUT2D eigenvalue weighted by molar-refractivity contribution is 0.562. The van der Waals surface area contributed by atoms with E-state index >= 15 is 0 Å². The van der Waals surface area contributed by atoms with Crippen molar-refractivity contribution in [3.05, 3.63) is 42.4 Å². The van der Waals surface area contributed by atoms with Gasteiger partial charge in [-0.2, -0.15) is 5.10 Å². The van der Waals surface area contributed by atoms with Crippen LogP contribution in [0.1, 0.15) is 18.5 Å². The Labute approximate surface area is 99.1 Å². The zero-order chi connectivity index (χ0) is 12.3. The van der Waals surface area contributed by atoms with E-state index < -0.39 is 10.0 Å². The van der Waals surface area contributed by atoms with Crippen LogP contribution in [0, 0.1) is 0 Å². The number of H-pyrrole nitrogens is 1. The predicted octanol–water partition coefficient (Wildman–Crippen LogP) is 0.844. The third-order valence-corrected chi connectivity index (χ3v) is 3.75. The first kappa shape index (κ1) is 11.7. The zero-order valence-corrected chi connectivity index (χ0v) is 9.98. The first-order valence-electron chi connectivity index (χ1n) is 5.01. The highest BCUT2D eigenvalue weighted by Gasteiger charge is 2.19. The molecular weight excluding hydrogens is 240 g/mol. The largest absolute Gasteiger partial charge is 0.266 e. The van der Waals surface area contributed by atoms with Gasteiger partial charge in [-0.05, 0) is 24.6 Å². The van der Waals surface area contributed by atoms with Gasteiger partial charge in [-0.15, -0.1) is 0 Å². The van der Waals surface area contributed by atoms with Gasteiger partial charge in [-0.25, -0.2) is 13.1 Å². The Morgan fingerprint density at radius 2 is 2.18 bits per heavy atom. The highest BCUT2D eigenvalue weighted by atomic mass is 32.2. The summed E-state index contributed by atoms with van der Waals surface area (Å²) in [6.45, 7) is 1.75. The molecule has 0 saturated heterocycles. The monoisotopic (exact) mass is 252 g/mol. The van der Waals surface area contributed by atoms with E-state index in [0.29, 0.717) is 0 Å². The Bertz CT molecular complexity index is 566. The average molecular weight is 252 g/mol. The van der Waals surface area contributed by atoms with Gasteiger partial charge in [0.15, 0.2) is 5.03 Å². The predicted molar refractivity (Wildman–Crippen MR) is 61.6 cm³/mol. The smallest absolute Gasteiger partial charge is 0.258 e. The summed E-state index contributed by atoms with van der Waals surface area (Å²) < 4.78 is 26.3. The molecule has 0 radical (unpaired) electrons. The molecule has 0 spiro atoms. The maximum absolute atomic E-state index is 11.9. The van der Waals surface area contributed by atoms with Gasteiger partial charge in [0.1, 0.15) is 0 Å². The summed E-state index contributed by atoms with van der Waals surface area (Å²) in [4.78, 5) is 3.94. The average Bonchev–Trinajstić information content (AvgIpc) is 2.84. The number of aromatic nitrogens is 3. The van der Waals surface area contributed by atoms with Crippen LogP contribution in [0.5, 0.6) is 0 Å². The third kappa shape index (κ3) is 2.69. The van der Waals surface area contributed by atoms with Crippen LogP contribution >= 0.6 is 0 Å². The van der Waals surface area contributed by atoms with Crippen molar-refractivity contribution >= 4 is 10.0 Å². The van der Waals surface area contributed by atoms with E-state index in [4.69, 9.17) is 0 Å². The number of aromatic amines is 1. The molecular formula is C10H12N4O2S. The van der Waals surface area contributed by atoms with Gasteiger partial charge in [0.05, 0.1) is 6.20 Å². The molecule has 0 aliphatic heterocycles. The fourth-order valence-electron chi connectivity index (χ4n) is 1.39. The Balaban J connectivity index is 2.17. The van der Waals surface area contributed by atoms with E-state index in [0.717, 1.165) is 5.56 Å². The summed E-state index contributed by atoms with van der Waals surface area (Å²) in [6.07, 6.45) is 4.66. The molecule has 2 aromatic rings. The molecule has 0 aromatic carbocycles. The maximum Gasteiger partial charge on any atom is 0.258 e. The molecule has 0 fully saturated rings. The minimum Gasteiger partial charge on any atom is -0.266 e. The van der Waals surface area contributed by atoms with E-state index in [1.54, 1.807) is 25.4 Å². The number of pyridine rings is 1. The van der Waals surface area contributed by atoms with Gasteiger partial charge in [-0.1, -0.05) is 6.07 Å². The fourth-order valence-corrected chi connectivity index (χ4v) is 2.53. The molecule has 0 aliphatic carbocycles. The van der Waals surface area contributed by atoms with Crippen molar-refractivity contribution in [1.29, 1.82) is 0 Å². The molecule has 0 saturated carbocycles. The lowest BCUT2D eigenvalue weighted by atomic mass is 10.2. The Kier molecular flexibility index (Phi) is 3.21. The Morgan fingerprint density at radius 3 is 2.76 bits per heavy atom. The number of rotatable bonds is 4. The number of sulfonamides is 1. The van der Waals surface area contributed by atoms with Gasteiger partial charge in [0.2, 0.25) is 0 Å². The van der Waals surface area contributed by atoms with Crippen LogP contribution < -0.4 is 4.72 Å². The topological polar surface area (TPSA) is 87.7 Å². The highest BCUT2D eigenvalue weighted by molar-refractivity contribution is 7.89. The molecule has 1 atom stereocenters. The Morgan fingerprint density at radius 1 is 1.35 bits per heavy atom. The SMILES string of the molecule is CC(NS(=O)(=O)c1ccn[nH]1)c1cccnc1. The highest BCUT2D eigenvalue weighted by Crippen LogP contribution is 2.14. The van der Waals surface area contributed by atoms with Gasteiger partial charge in [0.25, 0.3) is 10.0 Å². The van der Waals surface area contributed by atoms with Crippen molar-refractivity contribution in [2.75, 3.05) is 0 Å². The summed E-state index contributed by atoms with van der Waals surface area (Å²) in [6, 6.07) is 4.62. The van der Waals surface area contributed by atoms with E-state index in [-0.39, 0.29) is 11.1 Å². The first-order chi connectivity index (χ1) is 8.09. The standard InChI is InChI=1S/C10H12N4O2S/c1-8(9-3-2-5-11-7-9)14-17(15,16)10-4-6-12-13-10/h2-8,14H,1H3,(H,12,13). The van der Waals surface area contributed by atoms with Gasteiger partial charge in [0, 0.05) is 18.4 Å². The zero-order valence-electron chi connectivity index (χ0n) is 9.16. The number of hydrogen-bond donors (Lipinski definition) is 2. The minimum atomic E-state index is -3.56. The molecule has 90 valence electrons. The van der Waals surface area contributed by atoms with Crippen LogP contribution in [0.4, 0.5) is 0 Å². The normalized spacial score (nSPS) is 13.5. The van der Waals surface area contributed by atoms with Crippen LogP contribution in [0.25, 0.3) is 0 Å². The van der Waals surface area contributed by atoms with Crippen LogP contribution in [-0.4, -0.2) is 23.6 Å². The van der Waals surface area contributed by atoms with E-state index in [2.05, 4.69) is 19.9 Å². The molecule has 0 bridgehead atoms. The second-order valence-electron chi connectivity index (χ2n) is 3.55. The molecule has 17 heavy (non-hydrogen) atoms. The molecule has 2 heterocycles.